The third-order valence-electron chi connectivity index (χ3n) is 3.65. The lowest BCUT2D eigenvalue weighted by molar-refractivity contribution is -0.115. The number of rotatable bonds is 8. The van der Waals surface area contributed by atoms with Gasteiger partial charge in [0.25, 0.3) is 0 Å². The summed E-state index contributed by atoms with van der Waals surface area (Å²) in [6, 6.07) is 9.72. The molecular weight excluding hydrogens is 305 g/mol. The standard InChI is InChI=1S/C19H24FN3O/c1-3-11-23(12-4-2)17-9-10-18(21-14-17)22-19(24)13-15-5-7-16(20)8-6-15/h5-10,14H,3-4,11-13H2,1-2H3,(H,21,22,24). The van der Waals surface area contributed by atoms with Crippen molar-refractivity contribution in [3.05, 3.63) is 54.0 Å². The summed E-state index contributed by atoms with van der Waals surface area (Å²) in [6.45, 7) is 6.29. The van der Waals surface area contributed by atoms with Gasteiger partial charge in [0.2, 0.25) is 5.91 Å². The van der Waals surface area contributed by atoms with Crippen molar-refractivity contribution in [1.82, 2.24) is 4.98 Å². The molecule has 2 aromatic rings. The Morgan fingerprint density at radius 1 is 1.08 bits per heavy atom. The molecule has 0 aliphatic heterocycles. The van der Waals surface area contributed by atoms with Crippen LogP contribution >= 0.6 is 0 Å². The number of benzene rings is 1. The molecular formula is C19H24FN3O. The van der Waals surface area contributed by atoms with Gasteiger partial charge in [0.1, 0.15) is 11.6 Å². The summed E-state index contributed by atoms with van der Waals surface area (Å²) < 4.78 is 12.9. The fourth-order valence-electron chi connectivity index (χ4n) is 2.53. The molecule has 0 aliphatic carbocycles. The first-order valence-electron chi connectivity index (χ1n) is 8.37. The Kier molecular flexibility index (Phi) is 6.73. The van der Waals surface area contributed by atoms with Crippen molar-refractivity contribution in [1.29, 1.82) is 0 Å². The third-order valence-corrected chi connectivity index (χ3v) is 3.65. The Morgan fingerprint density at radius 2 is 1.75 bits per heavy atom. The Hall–Kier alpha value is -2.43. The minimum Gasteiger partial charge on any atom is -0.370 e. The SMILES string of the molecule is CCCN(CCC)c1ccc(NC(=O)Cc2ccc(F)cc2)nc1. The minimum absolute atomic E-state index is 0.166. The van der Waals surface area contributed by atoms with Crippen LogP contribution in [0.5, 0.6) is 0 Å². The highest BCUT2D eigenvalue weighted by Gasteiger charge is 2.08. The number of nitrogens with zero attached hydrogens (tertiary/aromatic N) is 2. The zero-order valence-corrected chi connectivity index (χ0v) is 14.3. The zero-order chi connectivity index (χ0) is 17.4. The Bertz CT molecular complexity index is 635. The lowest BCUT2D eigenvalue weighted by Crippen LogP contribution is -2.25. The van der Waals surface area contributed by atoms with Crippen LogP contribution in [0.3, 0.4) is 0 Å². The van der Waals surface area contributed by atoms with E-state index in [4.69, 9.17) is 0 Å². The molecule has 0 saturated carbocycles. The van der Waals surface area contributed by atoms with Gasteiger partial charge < -0.3 is 10.2 Å². The van der Waals surface area contributed by atoms with Crippen LogP contribution in [-0.2, 0) is 11.2 Å². The first-order valence-corrected chi connectivity index (χ1v) is 8.37. The molecule has 0 radical (unpaired) electrons. The number of aromatic nitrogens is 1. The zero-order valence-electron chi connectivity index (χ0n) is 14.3. The topological polar surface area (TPSA) is 45.2 Å². The number of nitrogens with one attached hydrogen (secondary N) is 1. The van der Waals surface area contributed by atoms with Crippen molar-refractivity contribution in [2.45, 2.75) is 33.1 Å². The van der Waals surface area contributed by atoms with Crippen LogP contribution in [0.4, 0.5) is 15.9 Å². The molecule has 1 heterocycles. The van der Waals surface area contributed by atoms with Gasteiger partial charge in [-0.15, -0.1) is 0 Å². The summed E-state index contributed by atoms with van der Waals surface area (Å²) in [7, 11) is 0. The van der Waals surface area contributed by atoms with Gasteiger partial charge in [-0.25, -0.2) is 9.37 Å². The predicted molar refractivity (Wildman–Crippen MR) is 95.8 cm³/mol. The van der Waals surface area contributed by atoms with E-state index in [0.29, 0.717) is 5.82 Å². The molecule has 128 valence electrons. The van der Waals surface area contributed by atoms with Crippen molar-refractivity contribution in [3.63, 3.8) is 0 Å². The van der Waals surface area contributed by atoms with E-state index in [2.05, 4.69) is 29.0 Å². The van der Waals surface area contributed by atoms with Gasteiger partial charge in [0.15, 0.2) is 0 Å². The third kappa shape index (κ3) is 5.33. The van der Waals surface area contributed by atoms with E-state index in [1.807, 2.05) is 12.1 Å². The molecule has 0 atom stereocenters. The molecule has 0 bridgehead atoms. The van der Waals surface area contributed by atoms with Gasteiger partial charge in [0.05, 0.1) is 18.3 Å². The number of anilines is 2. The number of hydrogen-bond acceptors (Lipinski definition) is 3. The summed E-state index contributed by atoms with van der Waals surface area (Å²) in [5.41, 5.74) is 1.83. The summed E-state index contributed by atoms with van der Waals surface area (Å²) >= 11 is 0. The number of amides is 1. The number of pyridine rings is 1. The lowest BCUT2D eigenvalue weighted by Gasteiger charge is -2.23. The lowest BCUT2D eigenvalue weighted by atomic mass is 10.1. The van der Waals surface area contributed by atoms with E-state index in [-0.39, 0.29) is 18.1 Å². The normalized spacial score (nSPS) is 10.5. The summed E-state index contributed by atoms with van der Waals surface area (Å²) in [5, 5.41) is 2.77. The molecule has 1 N–H and O–H groups in total. The van der Waals surface area contributed by atoms with Gasteiger partial charge in [-0.3, -0.25) is 4.79 Å². The monoisotopic (exact) mass is 329 g/mol. The number of carbonyl (C=O) groups excluding carboxylic acids is 1. The molecule has 2 rings (SSSR count). The van der Waals surface area contributed by atoms with Gasteiger partial charge in [-0.2, -0.15) is 0 Å². The molecule has 1 aromatic carbocycles. The maximum absolute atomic E-state index is 12.9. The number of halogens is 1. The van der Waals surface area contributed by atoms with Crippen LogP contribution in [0.15, 0.2) is 42.6 Å². The first kappa shape index (κ1) is 17.9. The Balaban J connectivity index is 1.95. The van der Waals surface area contributed by atoms with E-state index in [0.717, 1.165) is 37.2 Å². The smallest absolute Gasteiger partial charge is 0.229 e. The minimum atomic E-state index is -0.305. The maximum atomic E-state index is 12.9. The van der Waals surface area contributed by atoms with E-state index in [1.54, 1.807) is 18.3 Å². The van der Waals surface area contributed by atoms with Crippen LogP contribution in [0.2, 0.25) is 0 Å². The second kappa shape index (κ2) is 9.01. The summed E-state index contributed by atoms with van der Waals surface area (Å²) in [5.74, 6) is 0.0553. The number of carbonyl (C=O) groups is 1. The molecule has 4 nitrogen and oxygen atoms in total. The molecule has 1 aromatic heterocycles. The second-order valence-corrected chi connectivity index (χ2v) is 5.74. The van der Waals surface area contributed by atoms with E-state index in [1.165, 1.54) is 12.1 Å². The van der Waals surface area contributed by atoms with Crippen LogP contribution in [0.1, 0.15) is 32.3 Å². The van der Waals surface area contributed by atoms with Crippen molar-refractivity contribution >= 4 is 17.4 Å². The Morgan fingerprint density at radius 3 is 2.29 bits per heavy atom. The molecule has 24 heavy (non-hydrogen) atoms. The van der Waals surface area contributed by atoms with Gasteiger partial charge in [-0.1, -0.05) is 26.0 Å². The highest BCUT2D eigenvalue weighted by Crippen LogP contribution is 2.16. The fourth-order valence-corrected chi connectivity index (χ4v) is 2.53. The molecule has 1 amide bonds. The molecule has 5 heteroatoms. The van der Waals surface area contributed by atoms with E-state index in [9.17, 15) is 9.18 Å². The van der Waals surface area contributed by atoms with Crippen molar-refractivity contribution in [2.75, 3.05) is 23.3 Å². The average Bonchev–Trinajstić information content (AvgIpc) is 2.57. The quantitative estimate of drug-likeness (QED) is 0.795. The molecule has 0 aliphatic rings. The Labute approximate surface area is 142 Å². The molecule has 0 spiro atoms. The largest absolute Gasteiger partial charge is 0.370 e. The predicted octanol–water partition coefficient (Wildman–Crippen LogP) is 4.03. The second-order valence-electron chi connectivity index (χ2n) is 5.74. The van der Waals surface area contributed by atoms with E-state index < -0.39 is 0 Å². The summed E-state index contributed by atoms with van der Waals surface area (Å²) in [6.07, 6.45) is 4.15. The molecule has 0 saturated heterocycles. The average molecular weight is 329 g/mol. The van der Waals surface area contributed by atoms with Crippen LogP contribution in [-0.4, -0.2) is 24.0 Å². The molecule has 0 unspecified atom stereocenters. The van der Waals surface area contributed by atoms with Crippen molar-refractivity contribution in [2.24, 2.45) is 0 Å². The highest BCUT2D eigenvalue weighted by atomic mass is 19.1. The van der Waals surface area contributed by atoms with Gasteiger partial charge in [0, 0.05) is 13.1 Å². The first-order chi connectivity index (χ1) is 11.6. The van der Waals surface area contributed by atoms with Crippen molar-refractivity contribution in [3.8, 4) is 0 Å². The van der Waals surface area contributed by atoms with Crippen LogP contribution < -0.4 is 10.2 Å². The summed E-state index contributed by atoms with van der Waals surface area (Å²) in [4.78, 5) is 18.7. The van der Waals surface area contributed by atoms with Crippen LogP contribution in [0.25, 0.3) is 0 Å². The van der Waals surface area contributed by atoms with Crippen LogP contribution in [0, 0.1) is 5.82 Å². The highest BCUT2D eigenvalue weighted by molar-refractivity contribution is 5.91. The fraction of sp³-hybridized carbons (Fsp3) is 0.368. The van der Waals surface area contributed by atoms with Crippen molar-refractivity contribution < 1.29 is 9.18 Å². The number of hydrogen-bond donors (Lipinski definition) is 1. The maximum Gasteiger partial charge on any atom is 0.229 e. The molecule has 0 fully saturated rings. The van der Waals surface area contributed by atoms with Gasteiger partial charge >= 0.3 is 0 Å². The van der Waals surface area contributed by atoms with E-state index >= 15 is 0 Å². The van der Waals surface area contributed by atoms with Gasteiger partial charge in [-0.05, 0) is 42.7 Å².